The molecule has 2 aromatic rings. The molecule has 1 amide bonds. The van der Waals surface area contributed by atoms with Crippen LogP contribution in [0.1, 0.15) is 6.92 Å². The van der Waals surface area contributed by atoms with Crippen molar-refractivity contribution in [3.63, 3.8) is 0 Å². The third-order valence-electron chi connectivity index (χ3n) is 2.97. The molecule has 1 N–H and O–H groups in total. The Bertz CT molecular complexity index is 995. The predicted octanol–water partition coefficient (Wildman–Crippen LogP) is 3.53. The highest BCUT2D eigenvalue weighted by Crippen LogP contribution is 2.35. The summed E-state index contributed by atoms with van der Waals surface area (Å²) in [6.45, 7) is 0.866. The molecule has 11 heteroatoms. The van der Waals surface area contributed by atoms with Crippen molar-refractivity contribution in [2.45, 2.75) is 11.8 Å². The summed E-state index contributed by atoms with van der Waals surface area (Å²) in [7, 11) is -4.59. The van der Waals surface area contributed by atoms with Gasteiger partial charge in [0.1, 0.15) is 16.5 Å². The van der Waals surface area contributed by atoms with Crippen LogP contribution in [0.15, 0.2) is 23.1 Å². The van der Waals surface area contributed by atoms with Crippen LogP contribution in [0, 0.1) is 29.1 Å². The molecule has 2 aromatic carbocycles. The topological polar surface area (TPSA) is 63.2 Å². The van der Waals surface area contributed by atoms with Gasteiger partial charge in [-0.25, -0.2) is 35.1 Å². The normalized spacial score (nSPS) is 11.5. The summed E-state index contributed by atoms with van der Waals surface area (Å²) in [4.78, 5) is 10.1. The predicted molar refractivity (Wildman–Crippen MR) is 77.7 cm³/mol. The summed E-state index contributed by atoms with van der Waals surface area (Å²) in [5, 5.41) is -0.696. The number of hydrogen-bond donors (Lipinski definition) is 1. The zero-order chi connectivity index (χ0) is 19.1. The Kier molecular flexibility index (Phi) is 5.05. The maximum Gasteiger partial charge on any atom is 0.265 e. The van der Waals surface area contributed by atoms with Gasteiger partial charge in [0.05, 0.1) is 10.6 Å². The summed E-state index contributed by atoms with van der Waals surface area (Å²) < 4.78 is 93.6. The van der Waals surface area contributed by atoms with Crippen molar-refractivity contribution < 1.29 is 35.2 Å². The Hall–Kier alpha value is -2.20. The molecule has 0 heterocycles. The van der Waals surface area contributed by atoms with Gasteiger partial charge in [0, 0.05) is 18.6 Å². The van der Waals surface area contributed by atoms with Crippen LogP contribution in [0.25, 0.3) is 11.1 Å². The average Bonchev–Trinajstić information content (AvgIpc) is 2.45. The Morgan fingerprint density at radius 3 is 2.12 bits per heavy atom. The monoisotopic (exact) mass is 399 g/mol. The van der Waals surface area contributed by atoms with Crippen molar-refractivity contribution >= 4 is 27.5 Å². The molecule has 0 unspecified atom stereocenters. The lowest BCUT2D eigenvalue weighted by atomic mass is 10.0. The van der Waals surface area contributed by atoms with E-state index < -0.39 is 66.1 Å². The van der Waals surface area contributed by atoms with Crippen LogP contribution in [-0.2, 0) is 14.8 Å². The van der Waals surface area contributed by atoms with Gasteiger partial charge in [-0.2, -0.15) is 0 Å². The van der Waals surface area contributed by atoms with Gasteiger partial charge in [0.15, 0.2) is 17.5 Å². The Morgan fingerprint density at radius 1 is 0.960 bits per heavy atom. The summed E-state index contributed by atoms with van der Waals surface area (Å²) in [6, 6.07) is 0.789. The molecule has 0 bridgehead atoms. The molecular formula is C14H7ClF5NO3S. The number of halogens is 6. The molecule has 25 heavy (non-hydrogen) atoms. The summed E-state index contributed by atoms with van der Waals surface area (Å²) in [5.41, 5.74) is -2.35. The fourth-order valence-corrected chi connectivity index (χ4v) is 3.52. The Morgan fingerprint density at radius 2 is 1.56 bits per heavy atom. The van der Waals surface area contributed by atoms with Crippen molar-refractivity contribution in [2.75, 3.05) is 0 Å². The van der Waals surface area contributed by atoms with E-state index in [1.165, 1.54) is 4.72 Å². The largest absolute Gasteiger partial charge is 0.274 e. The molecule has 4 nitrogen and oxygen atoms in total. The molecule has 0 aliphatic rings. The zero-order valence-corrected chi connectivity index (χ0v) is 13.7. The Balaban J connectivity index is 2.80. The second kappa shape index (κ2) is 6.60. The number of carbonyl (C=O) groups is 1. The van der Waals surface area contributed by atoms with Gasteiger partial charge in [-0.05, 0) is 12.1 Å². The second-order valence-corrected chi connectivity index (χ2v) is 6.83. The number of sulfonamides is 1. The molecule has 134 valence electrons. The highest BCUT2D eigenvalue weighted by molar-refractivity contribution is 7.90. The number of rotatable bonds is 3. The van der Waals surface area contributed by atoms with Crippen molar-refractivity contribution in [1.82, 2.24) is 4.72 Å². The number of carbonyl (C=O) groups excluding carboxylic acids is 1. The minimum atomic E-state index is -4.59. The van der Waals surface area contributed by atoms with E-state index in [1.807, 2.05) is 0 Å². The second-order valence-electron chi connectivity index (χ2n) is 4.77. The molecule has 0 atom stereocenters. The third-order valence-corrected chi connectivity index (χ3v) is 4.87. The molecule has 0 aromatic heterocycles. The fourth-order valence-electron chi connectivity index (χ4n) is 1.98. The summed E-state index contributed by atoms with van der Waals surface area (Å²) >= 11 is 5.60. The standard InChI is InChI=1S/C14H7ClF5NO3S/c1-5(22)21-25(23,24)11-2-6(8(16)3-7(11)15)12-9(17)4-10(18)13(19)14(12)20/h2-4H,1H3,(H,21,22). The lowest BCUT2D eigenvalue weighted by Crippen LogP contribution is -2.28. The molecule has 0 saturated heterocycles. The van der Waals surface area contributed by atoms with Gasteiger partial charge in [-0.3, -0.25) is 4.79 Å². The minimum Gasteiger partial charge on any atom is -0.274 e. The first kappa shape index (κ1) is 19.1. The highest BCUT2D eigenvalue weighted by Gasteiger charge is 2.27. The van der Waals surface area contributed by atoms with Crippen molar-refractivity contribution in [2.24, 2.45) is 0 Å². The molecule has 0 saturated carbocycles. The lowest BCUT2D eigenvalue weighted by Gasteiger charge is -2.12. The van der Waals surface area contributed by atoms with E-state index >= 15 is 0 Å². The average molecular weight is 400 g/mol. The van der Waals surface area contributed by atoms with Crippen LogP contribution in [0.5, 0.6) is 0 Å². The molecule has 0 spiro atoms. The van der Waals surface area contributed by atoms with Gasteiger partial charge in [-0.15, -0.1) is 0 Å². The van der Waals surface area contributed by atoms with Gasteiger partial charge < -0.3 is 0 Å². The fraction of sp³-hybridized carbons (Fsp3) is 0.0714. The van der Waals surface area contributed by atoms with Crippen molar-refractivity contribution in [3.8, 4) is 11.1 Å². The molecular weight excluding hydrogens is 393 g/mol. The first-order valence-corrected chi connectivity index (χ1v) is 8.17. The van der Waals surface area contributed by atoms with E-state index in [0.29, 0.717) is 12.1 Å². The zero-order valence-electron chi connectivity index (χ0n) is 12.1. The molecule has 0 radical (unpaired) electrons. The van der Waals surface area contributed by atoms with E-state index in [2.05, 4.69) is 0 Å². The Labute approximate surface area is 143 Å². The van der Waals surface area contributed by atoms with E-state index in [1.54, 1.807) is 0 Å². The van der Waals surface area contributed by atoms with Crippen LogP contribution in [0.2, 0.25) is 5.02 Å². The van der Waals surface area contributed by atoms with Gasteiger partial charge >= 0.3 is 0 Å². The molecule has 0 fully saturated rings. The first-order valence-electron chi connectivity index (χ1n) is 6.31. The number of amides is 1. The third kappa shape index (κ3) is 3.59. The van der Waals surface area contributed by atoms with Gasteiger partial charge in [0.25, 0.3) is 10.0 Å². The van der Waals surface area contributed by atoms with Crippen molar-refractivity contribution in [1.29, 1.82) is 0 Å². The highest BCUT2D eigenvalue weighted by atomic mass is 35.5. The van der Waals surface area contributed by atoms with Gasteiger partial charge in [0.2, 0.25) is 5.91 Å². The molecule has 2 rings (SSSR count). The van der Waals surface area contributed by atoms with E-state index in [4.69, 9.17) is 11.6 Å². The lowest BCUT2D eigenvalue weighted by molar-refractivity contribution is -0.117. The quantitative estimate of drug-likeness (QED) is 0.488. The van der Waals surface area contributed by atoms with Crippen LogP contribution < -0.4 is 4.72 Å². The van der Waals surface area contributed by atoms with E-state index in [-0.39, 0.29) is 6.07 Å². The SMILES string of the molecule is CC(=O)NS(=O)(=O)c1cc(-c2c(F)cc(F)c(F)c2F)c(F)cc1Cl. The molecule has 0 aliphatic carbocycles. The van der Waals surface area contributed by atoms with Crippen LogP contribution in [0.3, 0.4) is 0 Å². The van der Waals surface area contributed by atoms with Crippen LogP contribution in [-0.4, -0.2) is 14.3 Å². The number of nitrogens with one attached hydrogen (secondary N) is 1. The number of hydrogen-bond acceptors (Lipinski definition) is 3. The van der Waals surface area contributed by atoms with Crippen LogP contribution >= 0.6 is 11.6 Å². The summed E-state index contributed by atoms with van der Waals surface area (Å²) in [6.07, 6.45) is 0. The number of benzene rings is 2. The maximum absolute atomic E-state index is 14.0. The summed E-state index contributed by atoms with van der Waals surface area (Å²) in [5.74, 6) is -10.0. The molecule has 0 aliphatic heterocycles. The smallest absolute Gasteiger partial charge is 0.265 e. The van der Waals surface area contributed by atoms with E-state index in [0.717, 1.165) is 6.92 Å². The van der Waals surface area contributed by atoms with Crippen molar-refractivity contribution in [3.05, 3.63) is 52.3 Å². The van der Waals surface area contributed by atoms with E-state index in [9.17, 15) is 35.2 Å². The first-order chi connectivity index (χ1) is 11.5. The minimum absolute atomic E-state index is 0.0240. The van der Waals surface area contributed by atoms with Crippen LogP contribution in [0.4, 0.5) is 22.0 Å². The maximum atomic E-state index is 14.0. The van der Waals surface area contributed by atoms with Gasteiger partial charge in [-0.1, -0.05) is 11.6 Å².